The van der Waals surface area contributed by atoms with E-state index in [1.54, 1.807) is 6.20 Å². The smallest absolute Gasteiger partial charge is 0.223 e. The van der Waals surface area contributed by atoms with Crippen molar-refractivity contribution in [1.82, 2.24) is 20.0 Å². The van der Waals surface area contributed by atoms with Crippen molar-refractivity contribution in [2.24, 2.45) is 17.8 Å². The SMILES string of the molecule is CC(C)(NC(=O)C1CC2CNC[C@H]2C1)c1ncc2c(Cl)cccn12. The van der Waals surface area contributed by atoms with Gasteiger partial charge in [-0.3, -0.25) is 4.79 Å². The maximum atomic E-state index is 12.8. The molecule has 0 bridgehead atoms. The third-order valence-electron chi connectivity index (χ3n) is 5.54. The van der Waals surface area contributed by atoms with Gasteiger partial charge in [0.15, 0.2) is 0 Å². The van der Waals surface area contributed by atoms with Crippen LogP contribution in [0.5, 0.6) is 0 Å². The second-order valence-corrected chi connectivity index (χ2v) is 8.06. The third kappa shape index (κ3) is 2.60. The van der Waals surface area contributed by atoms with Crippen molar-refractivity contribution in [2.75, 3.05) is 13.1 Å². The molecule has 1 saturated carbocycles. The summed E-state index contributed by atoms with van der Waals surface area (Å²) in [6, 6.07) is 3.74. The van der Waals surface area contributed by atoms with Gasteiger partial charge in [0.25, 0.3) is 0 Å². The molecule has 1 aliphatic carbocycles. The number of carbonyl (C=O) groups excluding carboxylic acids is 1. The molecule has 1 aliphatic heterocycles. The summed E-state index contributed by atoms with van der Waals surface area (Å²) in [5.74, 6) is 2.39. The summed E-state index contributed by atoms with van der Waals surface area (Å²) in [4.78, 5) is 17.3. The highest BCUT2D eigenvalue weighted by Crippen LogP contribution is 2.39. The average Bonchev–Trinajstić information content (AvgIpc) is 3.21. The van der Waals surface area contributed by atoms with Gasteiger partial charge >= 0.3 is 0 Å². The van der Waals surface area contributed by atoms with E-state index in [-0.39, 0.29) is 11.8 Å². The van der Waals surface area contributed by atoms with Gasteiger partial charge in [0.05, 0.1) is 22.3 Å². The number of rotatable bonds is 3. The van der Waals surface area contributed by atoms with Crippen molar-refractivity contribution in [3.8, 4) is 0 Å². The Morgan fingerprint density at radius 3 is 2.79 bits per heavy atom. The predicted octanol–water partition coefficient (Wildman–Crippen LogP) is 2.58. The van der Waals surface area contributed by atoms with Crippen molar-refractivity contribution in [3.05, 3.63) is 35.4 Å². The Morgan fingerprint density at radius 2 is 2.08 bits per heavy atom. The largest absolute Gasteiger partial charge is 0.344 e. The second-order valence-electron chi connectivity index (χ2n) is 7.65. The molecule has 2 unspecified atom stereocenters. The minimum Gasteiger partial charge on any atom is -0.344 e. The highest BCUT2D eigenvalue weighted by atomic mass is 35.5. The lowest BCUT2D eigenvalue weighted by molar-refractivity contribution is -0.126. The monoisotopic (exact) mass is 346 g/mol. The van der Waals surface area contributed by atoms with Crippen LogP contribution in [0.25, 0.3) is 5.52 Å². The average molecular weight is 347 g/mol. The molecule has 0 spiro atoms. The summed E-state index contributed by atoms with van der Waals surface area (Å²) < 4.78 is 1.95. The Kier molecular flexibility index (Phi) is 3.81. The number of fused-ring (bicyclic) bond motifs is 2. The summed E-state index contributed by atoms with van der Waals surface area (Å²) >= 11 is 6.23. The number of carbonyl (C=O) groups is 1. The first-order valence-electron chi connectivity index (χ1n) is 8.60. The highest BCUT2D eigenvalue weighted by Gasteiger charge is 2.41. The standard InChI is InChI=1S/C18H23ClN4O/c1-18(2,17-21-10-15-14(19)4-3-5-23(15)17)22-16(24)11-6-12-8-20-9-13(12)7-11/h3-5,10-13,20H,6-9H2,1-2H3,(H,22,24)/t11?,12-,13?/m1/s1. The van der Waals surface area contributed by atoms with E-state index >= 15 is 0 Å². The Labute approximate surface area is 146 Å². The molecule has 6 heteroatoms. The van der Waals surface area contributed by atoms with Crippen LogP contribution in [0.3, 0.4) is 0 Å². The molecule has 3 heterocycles. The zero-order valence-corrected chi connectivity index (χ0v) is 14.8. The molecule has 1 amide bonds. The predicted molar refractivity (Wildman–Crippen MR) is 93.9 cm³/mol. The van der Waals surface area contributed by atoms with E-state index in [1.165, 1.54) is 0 Å². The van der Waals surface area contributed by atoms with Crippen LogP contribution >= 0.6 is 11.6 Å². The molecule has 0 radical (unpaired) electrons. The molecule has 1 saturated heterocycles. The van der Waals surface area contributed by atoms with E-state index < -0.39 is 5.54 Å². The van der Waals surface area contributed by atoms with Crippen LogP contribution in [0.15, 0.2) is 24.5 Å². The molecule has 2 N–H and O–H groups in total. The Balaban J connectivity index is 1.54. The zero-order valence-electron chi connectivity index (χ0n) is 14.1. The molecule has 2 aromatic heterocycles. The van der Waals surface area contributed by atoms with E-state index in [9.17, 15) is 4.79 Å². The number of halogens is 1. The van der Waals surface area contributed by atoms with Crippen LogP contribution in [0.1, 0.15) is 32.5 Å². The third-order valence-corrected chi connectivity index (χ3v) is 5.86. The Morgan fingerprint density at radius 1 is 1.38 bits per heavy atom. The quantitative estimate of drug-likeness (QED) is 0.898. The molecule has 2 aromatic rings. The number of imidazole rings is 1. The van der Waals surface area contributed by atoms with Crippen LogP contribution < -0.4 is 10.6 Å². The fraction of sp³-hybridized carbons (Fsp3) is 0.556. The van der Waals surface area contributed by atoms with E-state index in [4.69, 9.17) is 11.6 Å². The first-order chi connectivity index (χ1) is 11.5. The highest BCUT2D eigenvalue weighted by molar-refractivity contribution is 6.33. The van der Waals surface area contributed by atoms with E-state index in [0.29, 0.717) is 16.9 Å². The fourth-order valence-corrected chi connectivity index (χ4v) is 4.51. The van der Waals surface area contributed by atoms with Gasteiger partial charge in [-0.15, -0.1) is 0 Å². The van der Waals surface area contributed by atoms with Crippen LogP contribution in [0.4, 0.5) is 0 Å². The minimum atomic E-state index is -0.551. The van der Waals surface area contributed by atoms with Gasteiger partial charge < -0.3 is 15.0 Å². The molecule has 0 aromatic carbocycles. The van der Waals surface area contributed by atoms with Crippen molar-refractivity contribution in [2.45, 2.75) is 32.2 Å². The maximum Gasteiger partial charge on any atom is 0.223 e. The van der Waals surface area contributed by atoms with Gasteiger partial charge in [-0.25, -0.2) is 4.98 Å². The molecular formula is C18H23ClN4O. The molecule has 3 atom stereocenters. The van der Waals surface area contributed by atoms with Gasteiger partial charge in [0.1, 0.15) is 5.82 Å². The topological polar surface area (TPSA) is 58.4 Å². The van der Waals surface area contributed by atoms with Crippen molar-refractivity contribution in [3.63, 3.8) is 0 Å². The molecule has 5 nitrogen and oxygen atoms in total. The molecule has 2 aliphatic rings. The number of aromatic nitrogens is 2. The van der Waals surface area contributed by atoms with Gasteiger partial charge in [-0.1, -0.05) is 11.6 Å². The van der Waals surface area contributed by atoms with Gasteiger partial charge in [-0.2, -0.15) is 0 Å². The number of amides is 1. The van der Waals surface area contributed by atoms with Crippen molar-refractivity contribution >= 4 is 23.0 Å². The van der Waals surface area contributed by atoms with E-state index in [1.807, 2.05) is 36.6 Å². The van der Waals surface area contributed by atoms with Crippen LogP contribution in [0.2, 0.25) is 5.02 Å². The zero-order chi connectivity index (χ0) is 16.9. The molecule has 128 valence electrons. The maximum absolute atomic E-state index is 12.8. The number of pyridine rings is 1. The van der Waals surface area contributed by atoms with E-state index in [2.05, 4.69) is 15.6 Å². The lowest BCUT2D eigenvalue weighted by atomic mass is 9.99. The summed E-state index contributed by atoms with van der Waals surface area (Å²) in [5.41, 5.74) is 0.308. The molecule has 24 heavy (non-hydrogen) atoms. The minimum absolute atomic E-state index is 0.121. The van der Waals surface area contributed by atoms with Crippen molar-refractivity contribution in [1.29, 1.82) is 0 Å². The Hall–Kier alpha value is -1.59. The molecular weight excluding hydrogens is 324 g/mol. The fourth-order valence-electron chi connectivity index (χ4n) is 4.30. The number of nitrogens with zero attached hydrogens (tertiary/aromatic N) is 2. The summed E-state index contributed by atoms with van der Waals surface area (Å²) in [6.07, 6.45) is 5.68. The lowest BCUT2D eigenvalue weighted by Crippen LogP contribution is -2.45. The van der Waals surface area contributed by atoms with E-state index in [0.717, 1.165) is 37.3 Å². The first-order valence-corrected chi connectivity index (χ1v) is 8.98. The van der Waals surface area contributed by atoms with Crippen LogP contribution in [-0.2, 0) is 10.3 Å². The summed E-state index contributed by atoms with van der Waals surface area (Å²) in [7, 11) is 0. The summed E-state index contributed by atoms with van der Waals surface area (Å²) in [6.45, 7) is 6.11. The first kappa shape index (κ1) is 15.9. The number of nitrogens with one attached hydrogen (secondary N) is 2. The van der Waals surface area contributed by atoms with Gasteiger partial charge in [0, 0.05) is 12.1 Å². The normalized spacial score (nSPS) is 26.7. The van der Waals surface area contributed by atoms with Crippen LogP contribution in [-0.4, -0.2) is 28.4 Å². The van der Waals surface area contributed by atoms with Gasteiger partial charge in [-0.05, 0) is 63.7 Å². The second kappa shape index (κ2) is 5.74. The number of hydrogen-bond donors (Lipinski definition) is 2. The lowest BCUT2D eigenvalue weighted by Gasteiger charge is -2.27. The number of hydrogen-bond acceptors (Lipinski definition) is 3. The molecule has 4 rings (SSSR count). The van der Waals surface area contributed by atoms with Crippen LogP contribution in [0, 0.1) is 17.8 Å². The van der Waals surface area contributed by atoms with Crippen molar-refractivity contribution < 1.29 is 4.79 Å². The van der Waals surface area contributed by atoms with Gasteiger partial charge in [0.2, 0.25) is 5.91 Å². The summed E-state index contributed by atoms with van der Waals surface area (Å²) in [5, 5.41) is 7.30. The Bertz CT molecular complexity index is 772. The molecule has 2 fully saturated rings.